The highest BCUT2D eigenvalue weighted by Crippen LogP contribution is 2.30. The fraction of sp³-hybridized carbons (Fsp3) is 0.483. The first-order valence-corrected chi connectivity index (χ1v) is 13.3. The highest BCUT2D eigenvalue weighted by Gasteiger charge is 2.30. The summed E-state index contributed by atoms with van der Waals surface area (Å²) in [5.74, 6) is 0.332. The number of alkyl halides is 3. The van der Waals surface area contributed by atoms with Crippen LogP contribution in [0.3, 0.4) is 0 Å². The summed E-state index contributed by atoms with van der Waals surface area (Å²) in [4.78, 5) is 35.1. The summed E-state index contributed by atoms with van der Waals surface area (Å²) in [7, 11) is 3.75. The van der Waals surface area contributed by atoms with Gasteiger partial charge in [-0.2, -0.15) is 13.2 Å². The first kappa shape index (κ1) is 34.7. The SMILES string of the molecule is CN1CCC(CN)CC1.CNc1cccc(C(F)(F)F)c1.NC(CC=O)C(=O)NC(C=O)CCc1ccccc1. The predicted molar refractivity (Wildman–Crippen MR) is 152 cm³/mol. The third-order valence-corrected chi connectivity index (χ3v) is 6.42. The quantitative estimate of drug-likeness (QED) is 0.325. The van der Waals surface area contributed by atoms with Gasteiger partial charge in [-0.15, -0.1) is 0 Å². The van der Waals surface area contributed by atoms with Gasteiger partial charge in [0.25, 0.3) is 0 Å². The molecule has 222 valence electrons. The molecule has 1 saturated heterocycles. The van der Waals surface area contributed by atoms with Crippen LogP contribution < -0.4 is 22.1 Å². The summed E-state index contributed by atoms with van der Waals surface area (Å²) >= 11 is 0. The summed E-state index contributed by atoms with van der Waals surface area (Å²) in [6.45, 7) is 3.36. The number of nitrogens with one attached hydrogen (secondary N) is 2. The van der Waals surface area contributed by atoms with Gasteiger partial charge in [0.2, 0.25) is 5.91 Å². The Morgan fingerprint density at radius 1 is 1.10 bits per heavy atom. The molecule has 40 heavy (non-hydrogen) atoms. The predicted octanol–water partition coefficient (Wildman–Crippen LogP) is 3.25. The molecule has 0 spiro atoms. The molecular formula is C29H42F3N5O3. The Morgan fingerprint density at radius 3 is 2.27 bits per heavy atom. The normalized spacial score (nSPS) is 15.3. The number of anilines is 1. The number of nitrogens with two attached hydrogens (primary N) is 2. The van der Waals surface area contributed by atoms with Crippen LogP contribution in [0.4, 0.5) is 18.9 Å². The molecule has 8 nitrogen and oxygen atoms in total. The van der Waals surface area contributed by atoms with Crippen molar-refractivity contribution in [2.75, 3.05) is 39.0 Å². The Kier molecular flexibility index (Phi) is 16.4. The van der Waals surface area contributed by atoms with Crippen molar-refractivity contribution < 1.29 is 27.6 Å². The van der Waals surface area contributed by atoms with Gasteiger partial charge in [-0.05, 0) is 82.0 Å². The summed E-state index contributed by atoms with van der Waals surface area (Å²) < 4.78 is 36.2. The zero-order valence-electron chi connectivity index (χ0n) is 23.2. The van der Waals surface area contributed by atoms with Gasteiger partial charge in [-0.1, -0.05) is 36.4 Å². The van der Waals surface area contributed by atoms with Gasteiger partial charge in [0, 0.05) is 19.2 Å². The largest absolute Gasteiger partial charge is 0.416 e. The van der Waals surface area contributed by atoms with Crippen LogP contribution in [0.2, 0.25) is 0 Å². The first-order valence-electron chi connectivity index (χ1n) is 13.3. The van der Waals surface area contributed by atoms with Crippen LogP contribution in [-0.4, -0.2) is 69.2 Å². The summed E-state index contributed by atoms with van der Waals surface area (Å²) in [6.07, 6.45) is 0.766. The monoisotopic (exact) mass is 565 g/mol. The molecule has 0 aromatic heterocycles. The minimum Gasteiger partial charge on any atom is -0.388 e. The third-order valence-electron chi connectivity index (χ3n) is 6.42. The van der Waals surface area contributed by atoms with Gasteiger partial charge >= 0.3 is 6.18 Å². The van der Waals surface area contributed by atoms with Gasteiger partial charge in [0.15, 0.2) is 0 Å². The van der Waals surface area contributed by atoms with E-state index in [9.17, 15) is 27.6 Å². The average molecular weight is 566 g/mol. The Labute approximate surface area is 234 Å². The first-order chi connectivity index (χ1) is 19.0. The van der Waals surface area contributed by atoms with Crippen LogP contribution in [0.5, 0.6) is 0 Å². The number of hydrogen-bond donors (Lipinski definition) is 4. The highest BCUT2D eigenvalue weighted by molar-refractivity contribution is 5.86. The van der Waals surface area contributed by atoms with E-state index in [4.69, 9.17) is 11.5 Å². The van der Waals surface area contributed by atoms with Crippen molar-refractivity contribution in [2.24, 2.45) is 17.4 Å². The van der Waals surface area contributed by atoms with Crippen LogP contribution in [0, 0.1) is 5.92 Å². The lowest BCUT2D eigenvalue weighted by atomic mass is 9.98. The maximum atomic E-state index is 12.1. The molecule has 2 unspecified atom stereocenters. The Hall–Kier alpha value is -3.28. The number of hydrogen-bond acceptors (Lipinski definition) is 7. The van der Waals surface area contributed by atoms with Crippen molar-refractivity contribution in [1.29, 1.82) is 0 Å². The molecule has 2 aromatic carbocycles. The minimum absolute atomic E-state index is 0.0455. The molecular weight excluding hydrogens is 523 g/mol. The van der Waals surface area contributed by atoms with Crippen molar-refractivity contribution in [3.8, 4) is 0 Å². The second-order valence-corrected chi connectivity index (χ2v) is 9.60. The number of piperidine rings is 1. The molecule has 1 fully saturated rings. The molecule has 2 atom stereocenters. The topological polar surface area (TPSA) is 131 Å². The van der Waals surface area contributed by atoms with E-state index < -0.39 is 29.7 Å². The van der Waals surface area contributed by atoms with Crippen LogP contribution in [0.15, 0.2) is 54.6 Å². The molecule has 1 aliphatic rings. The maximum Gasteiger partial charge on any atom is 0.416 e. The number of likely N-dealkylation sites (tertiary alicyclic amines) is 1. The number of benzene rings is 2. The lowest BCUT2D eigenvalue weighted by molar-refractivity contribution is -0.137. The molecule has 1 heterocycles. The number of aryl methyl sites for hydroxylation is 1. The van der Waals surface area contributed by atoms with Gasteiger partial charge in [-0.3, -0.25) is 4.79 Å². The number of amides is 1. The van der Waals surface area contributed by atoms with E-state index in [1.54, 1.807) is 13.1 Å². The number of nitrogens with zero attached hydrogens (tertiary/aromatic N) is 1. The molecule has 2 aromatic rings. The lowest BCUT2D eigenvalue weighted by Gasteiger charge is -2.27. The zero-order chi connectivity index (χ0) is 30.0. The molecule has 1 amide bonds. The van der Waals surface area contributed by atoms with E-state index in [2.05, 4.69) is 22.6 Å². The smallest absolute Gasteiger partial charge is 0.388 e. The second kappa shape index (κ2) is 18.9. The van der Waals surface area contributed by atoms with Crippen LogP contribution >= 0.6 is 0 Å². The summed E-state index contributed by atoms with van der Waals surface area (Å²) in [6, 6.07) is 13.3. The standard InChI is InChI=1S/C14H18N2O3.C8H8F3N.C7H16N2/c15-13(8-9-17)14(19)16-12(10-18)7-6-11-4-2-1-3-5-11;1-12-7-4-2-3-6(5-7)8(9,10)11;1-9-4-2-7(6-8)3-5-9/h1-5,9-10,12-13H,6-8,15H2,(H,16,19);2-5,12H,1H3;7H,2-6,8H2,1H3. The van der Waals surface area contributed by atoms with E-state index in [1.165, 1.54) is 32.0 Å². The van der Waals surface area contributed by atoms with Crippen molar-refractivity contribution in [2.45, 2.75) is 50.4 Å². The maximum absolute atomic E-state index is 12.1. The average Bonchev–Trinajstić information content (AvgIpc) is 2.96. The van der Waals surface area contributed by atoms with E-state index in [-0.39, 0.29) is 6.42 Å². The van der Waals surface area contributed by atoms with E-state index >= 15 is 0 Å². The Morgan fingerprint density at radius 2 is 1.75 bits per heavy atom. The van der Waals surface area contributed by atoms with Gasteiger partial charge < -0.3 is 36.6 Å². The summed E-state index contributed by atoms with van der Waals surface area (Å²) in [5.41, 5.74) is 11.9. The van der Waals surface area contributed by atoms with E-state index in [1.807, 2.05) is 30.3 Å². The Balaban J connectivity index is 0.000000325. The molecule has 1 aliphatic heterocycles. The third kappa shape index (κ3) is 14.2. The van der Waals surface area contributed by atoms with Gasteiger partial charge in [-0.25, -0.2) is 0 Å². The van der Waals surface area contributed by atoms with Crippen molar-refractivity contribution in [3.05, 3.63) is 65.7 Å². The molecule has 3 rings (SSSR count). The molecule has 0 radical (unpaired) electrons. The number of aldehydes is 2. The lowest BCUT2D eigenvalue weighted by Crippen LogP contribution is -2.46. The second-order valence-electron chi connectivity index (χ2n) is 9.60. The molecule has 0 saturated carbocycles. The highest BCUT2D eigenvalue weighted by atomic mass is 19.4. The van der Waals surface area contributed by atoms with Crippen molar-refractivity contribution in [3.63, 3.8) is 0 Å². The van der Waals surface area contributed by atoms with E-state index in [0.717, 1.165) is 30.2 Å². The van der Waals surface area contributed by atoms with Gasteiger partial charge in [0.1, 0.15) is 12.6 Å². The van der Waals surface area contributed by atoms with Crippen LogP contribution in [0.1, 0.15) is 36.8 Å². The van der Waals surface area contributed by atoms with Crippen LogP contribution in [0.25, 0.3) is 0 Å². The van der Waals surface area contributed by atoms with Crippen molar-refractivity contribution in [1.82, 2.24) is 10.2 Å². The summed E-state index contributed by atoms with van der Waals surface area (Å²) in [5, 5.41) is 5.17. The number of rotatable bonds is 10. The minimum atomic E-state index is -4.26. The number of carbonyl (C=O) groups excluding carboxylic acids is 3. The number of halogens is 3. The molecule has 0 bridgehead atoms. The zero-order valence-corrected chi connectivity index (χ0v) is 23.2. The Bertz CT molecular complexity index is 1000. The van der Waals surface area contributed by atoms with Gasteiger partial charge in [0.05, 0.1) is 17.6 Å². The van der Waals surface area contributed by atoms with Crippen LogP contribution in [-0.2, 0) is 27.0 Å². The molecule has 6 N–H and O–H groups in total. The molecule has 11 heteroatoms. The van der Waals surface area contributed by atoms with E-state index in [0.29, 0.717) is 31.1 Å². The fourth-order valence-electron chi connectivity index (χ4n) is 3.79. The number of carbonyl (C=O) groups is 3. The molecule has 0 aliphatic carbocycles. The van der Waals surface area contributed by atoms with Crippen molar-refractivity contribution >= 4 is 24.2 Å². The fourth-order valence-corrected chi connectivity index (χ4v) is 3.79.